The van der Waals surface area contributed by atoms with Crippen molar-refractivity contribution < 1.29 is 28.6 Å². The van der Waals surface area contributed by atoms with Gasteiger partial charge in [-0.3, -0.25) is 9.59 Å². The number of carboxylic acid groups (broad SMARTS) is 1. The van der Waals surface area contributed by atoms with E-state index >= 15 is 0 Å². The third kappa shape index (κ3) is 3.56. The predicted octanol–water partition coefficient (Wildman–Crippen LogP) is 1.97. The van der Waals surface area contributed by atoms with Gasteiger partial charge in [0, 0.05) is 13.1 Å². The smallest absolute Gasteiger partial charge is 0.312 e. The lowest BCUT2D eigenvalue weighted by Crippen LogP contribution is -2.56. The molecule has 132 valence electrons. The number of piperidine rings is 1. The average Bonchev–Trinajstić information content (AvgIpc) is 2.52. The number of carboxylic acids is 1. The number of carbonyl (C=O) groups is 2. The molecule has 5 nitrogen and oxygen atoms in total. The Labute approximate surface area is 138 Å². The largest absolute Gasteiger partial charge is 0.481 e. The van der Waals surface area contributed by atoms with Crippen molar-refractivity contribution >= 4 is 11.9 Å². The number of carbonyl (C=O) groups excluding carboxylic acids is 1. The minimum Gasteiger partial charge on any atom is -0.481 e. The first-order valence-corrected chi connectivity index (χ1v) is 7.93. The summed E-state index contributed by atoms with van der Waals surface area (Å²) in [5.41, 5.74) is -0.898. The first-order chi connectivity index (χ1) is 11.3. The summed E-state index contributed by atoms with van der Waals surface area (Å²) in [6.45, 7) is 1.98. The zero-order valence-electron chi connectivity index (χ0n) is 13.5. The number of hydrogen-bond acceptors (Lipinski definition) is 3. The molecular weight excluding hydrogens is 320 g/mol. The van der Waals surface area contributed by atoms with Gasteiger partial charge in [-0.25, -0.2) is 8.78 Å². The molecule has 1 saturated heterocycles. The molecule has 2 N–H and O–H groups in total. The predicted molar refractivity (Wildman–Crippen MR) is 82.2 cm³/mol. The highest BCUT2D eigenvalue weighted by Crippen LogP contribution is 2.37. The van der Waals surface area contributed by atoms with Crippen molar-refractivity contribution in [3.63, 3.8) is 0 Å². The van der Waals surface area contributed by atoms with Gasteiger partial charge in [-0.1, -0.05) is 19.4 Å². The first-order valence-electron chi connectivity index (χ1n) is 7.93. The summed E-state index contributed by atoms with van der Waals surface area (Å²) in [7, 11) is 0. The normalized spacial score (nSPS) is 24.0. The van der Waals surface area contributed by atoms with Gasteiger partial charge in [0.2, 0.25) is 5.91 Å². The summed E-state index contributed by atoms with van der Waals surface area (Å²) in [5, 5.41) is 19.8. The van der Waals surface area contributed by atoms with Crippen LogP contribution in [0.5, 0.6) is 0 Å². The molecular formula is C17H21F2NO4. The number of aliphatic carboxylic acids is 1. The van der Waals surface area contributed by atoms with Crippen LogP contribution in [0.15, 0.2) is 18.2 Å². The third-order valence-electron chi connectivity index (χ3n) is 4.67. The fourth-order valence-corrected chi connectivity index (χ4v) is 3.23. The third-order valence-corrected chi connectivity index (χ3v) is 4.67. The summed E-state index contributed by atoms with van der Waals surface area (Å²) >= 11 is 0. The summed E-state index contributed by atoms with van der Waals surface area (Å²) in [6.07, 6.45) is -0.155. The minimum atomic E-state index is -1.23. The van der Waals surface area contributed by atoms with Gasteiger partial charge in [0.1, 0.15) is 0 Å². The molecule has 1 amide bonds. The van der Waals surface area contributed by atoms with Crippen molar-refractivity contribution in [2.24, 2.45) is 5.41 Å². The van der Waals surface area contributed by atoms with E-state index in [1.807, 2.05) is 6.92 Å². The highest BCUT2D eigenvalue weighted by atomic mass is 19.2. The number of β-amino-alcohol motifs (C(OH)–C–C–N with tert-alkyl or cyclic N) is 1. The van der Waals surface area contributed by atoms with E-state index in [-0.39, 0.29) is 31.8 Å². The number of aliphatic hydroxyl groups is 1. The van der Waals surface area contributed by atoms with Gasteiger partial charge < -0.3 is 15.1 Å². The van der Waals surface area contributed by atoms with Crippen LogP contribution in [0.3, 0.4) is 0 Å². The van der Waals surface area contributed by atoms with Gasteiger partial charge in [0.25, 0.3) is 0 Å². The van der Waals surface area contributed by atoms with E-state index < -0.39 is 29.1 Å². The maximum atomic E-state index is 13.2. The van der Waals surface area contributed by atoms with E-state index in [2.05, 4.69) is 0 Å². The monoisotopic (exact) mass is 341 g/mol. The zero-order valence-corrected chi connectivity index (χ0v) is 13.5. The summed E-state index contributed by atoms with van der Waals surface area (Å²) in [5.74, 6) is -3.41. The Bertz CT molecular complexity index is 637. The lowest BCUT2D eigenvalue weighted by Gasteiger charge is -2.42. The molecule has 0 radical (unpaired) electrons. The Morgan fingerprint density at radius 2 is 2.04 bits per heavy atom. The van der Waals surface area contributed by atoms with E-state index in [0.717, 1.165) is 12.1 Å². The van der Waals surface area contributed by atoms with Gasteiger partial charge in [0.05, 0.1) is 17.9 Å². The second kappa shape index (κ2) is 7.25. The molecule has 1 aliphatic rings. The molecule has 7 heteroatoms. The number of likely N-dealkylation sites (tertiary alicyclic amines) is 1. The molecule has 1 fully saturated rings. The lowest BCUT2D eigenvalue weighted by molar-refractivity contribution is -0.167. The number of rotatable bonds is 5. The highest BCUT2D eigenvalue weighted by molar-refractivity contribution is 5.80. The van der Waals surface area contributed by atoms with Crippen LogP contribution >= 0.6 is 0 Å². The van der Waals surface area contributed by atoms with Crippen molar-refractivity contribution in [2.45, 2.75) is 38.7 Å². The highest BCUT2D eigenvalue weighted by Gasteiger charge is 2.48. The summed E-state index contributed by atoms with van der Waals surface area (Å²) < 4.78 is 26.1. The van der Waals surface area contributed by atoms with Crippen molar-refractivity contribution in [3.05, 3.63) is 35.4 Å². The zero-order chi connectivity index (χ0) is 17.9. The molecule has 1 aromatic carbocycles. The molecule has 0 saturated carbocycles. The lowest BCUT2D eigenvalue weighted by atomic mass is 9.72. The SMILES string of the molecule is CCC[C@]1(C(=O)O)CCN(C(=O)Cc2ccc(F)c(F)c2)C[C@@H]1O. The Morgan fingerprint density at radius 3 is 2.58 bits per heavy atom. The van der Waals surface area contributed by atoms with E-state index in [4.69, 9.17) is 0 Å². The van der Waals surface area contributed by atoms with Gasteiger partial charge in [0.15, 0.2) is 11.6 Å². The van der Waals surface area contributed by atoms with Crippen LogP contribution in [0.1, 0.15) is 31.7 Å². The average molecular weight is 341 g/mol. The second-order valence-corrected chi connectivity index (χ2v) is 6.24. The number of amides is 1. The van der Waals surface area contributed by atoms with Crippen molar-refractivity contribution in [3.8, 4) is 0 Å². The van der Waals surface area contributed by atoms with Crippen LogP contribution < -0.4 is 0 Å². The Hall–Kier alpha value is -2.02. The van der Waals surface area contributed by atoms with E-state index in [9.17, 15) is 28.6 Å². The summed E-state index contributed by atoms with van der Waals surface area (Å²) in [4.78, 5) is 25.2. The number of aliphatic hydroxyl groups excluding tert-OH is 1. The van der Waals surface area contributed by atoms with Crippen LogP contribution in [0, 0.1) is 17.0 Å². The number of halogens is 2. The van der Waals surface area contributed by atoms with Crippen molar-refractivity contribution in [1.82, 2.24) is 4.90 Å². The molecule has 0 aliphatic carbocycles. The Morgan fingerprint density at radius 1 is 1.33 bits per heavy atom. The van der Waals surface area contributed by atoms with Gasteiger partial charge in [-0.2, -0.15) is 0 Å². The quantitative estimate of drug-likeness (QED) is 0.858. The second-order valence-electron chi connectivity index (χ2n) is 6.24. The van der Waals surface area contributed by atoms with Crippen molar-refractivity contribution in [1.29, 1.82) is 0 Å². The van der Waals surface area contributed by atoms with Crippen LogP contribution in [0.4, 0.5) is 8.78 Å². The maximum Gasteiger partial charge on any atom is 0.312 e. The molecule has 24 heavy (non-hydrogen) atoms. The summed E-state index contributed by atoms with van der Waals surface area (Å²) in [6, 6.07) is 3.25. The Balaban J connectivity index is 2.05. The molecule has 0 unspecified atom stereocenters. The fourth-order valence-electron chi connectivity index (χ4n) is 3.23. The number of hydrogen-bond donors (Lipinski definition) is 2. The molecule has 2 atom stereocenters. The topological polar surface area (TPSA) is 77.8 Å². The van der Waals surface area contributed by atoms with Crippen molar-refractivity contribution in [2.75, 3.05) is 13.1 Å². The molecule has 0 aromatic heterocycles. The van der Waals surface area contributed by atoms with Gasteiger partial charge in [-0.05, 0) is 30.5 Å². The maximum absolute atomic E-state index is 13.2. The van der Waals surface area contributed by atoms with Crippen LogP contribution in [0.2, 0.25) is 0 Å². The molecule has 0 spiro atoms. The molecule has 1 heterocycles. The van der Waals surface area contributed by atoms with Crippen LogP contribution in [-0.2, 0) is 16.0 Å². The Kier molecular flexibility index (Phi) is 5.54. The number of benzene rings is 1. The van der Waals surface area contributed by atoms with Crippen LogP contribution in [-0.4, -0.2) is 46.2 Å². The van der Waals surface area contributed by atoms with Gasteiger partial charge in [-0.15, -0.1) is 0 Å². The van der Waals surface area contributed by atoms with E-state index in [1.165, 1.54) is 11.0 Å². The molecule has 0 bridgehead atoms. The van der Waals surface area contributed by atoms with Crippen LogP contribution in [0.25, 0.3) is 0 Å². The van der Waals surface area contributed by atoms with E-state index in [1.54, 1.807) is 0 Å². The fraction of sp³-hybridized carbons (Fsp3) is 0.529. The van der Waals surface area contributed by atoms with E-state index in [0.29, 0.717) is 18.4 Å². The number of nitrogens with zero attached hydrogens (tertiary/aromatic N) is 1. The van der Waals surface area contributed by atoms with Gasteiger partial charge >= 0.3 is 5.97 Å². The first kappa shape index (κ1) is 18.3. The molecule has 2 rings (SSSR count). The minimum absolute atomic E-state index is 0.0746. The molecule has 1 aromatic rings. The molecule has 1 aliphatic heterocycles. The standard InChI is InChI=1S/C17H21F2NO4/c1-2-5-17(16(23)24)6-7-20(10-14(17)21)15(22)9-11-3-4-12(18)13(19)8-11/h3-4,8,14,21H,2,5-7,9-10H2,1H3,(H,23,24)/t14-,17-/m0/s1.